The maximum absolute atomic E-state index is 12.8. The van der Waals surface area contributed by atoms with Gasteiger partial charge in [-0.2, -0.15) is 4.31 Å². The van der Waals surface area contributed by atoms with Gasteiger partial charge < -0.3 is 4.90 Å². The number of carbonyl (C=O) groups excluding carboxylic acids is 1. The van der Waals surface area contributed by atoms with E-state index < -0.39 is 10.0 Å². The molecule has 2 heterocycles. The van der Waals surface area contributed by atoms with Gasteiger partial charge in [-0.05, 0) is 24.3 Å². The number of sulfonamides is 1. The van der Waals surface area contributed by atoms with E-state index in [0.29, 0.717) is 31.7 Å². The third kappa shape index (κ3) is 4.11. The largest absolute Gasteiger partial charge is 0.334 e. The maximum Gasteiger partial charge on any atom is 0.254 e. The van der Waals surface area contributed by atoms with Crippen molar-refractivity contribution in [1.29, 1.82) is 0 Å². The molecule has 4 rings (SSSR count). The second-order valence-electron chi connectivity index (χ2n) is 7.43. The number of nitrogens with zero attached hydrogens (tertiary/aromatic N) is 5. The van der Waals surface area contributed by atoms with Crippen molar-refractivity contribution < 1.29 is 13.2 Å². The summed E-state index contributed by atoms with van der Waals surface area (Å²) in [7, 11) is -3.53. The molecule has 8 nitrogen and oxygen atoms in total. The Balaban J connectivity index is 1.39. The first-order chi connectivity index (χ1) is 14.9. The topological polar surface area (TPSA) is 88.4 Å². The number of hydrogen-bond acceptors (Lipinski definition) is 5. The summed E-state index contributed by atoms with van der Waals surface area (Å²) >= 11 is 0. The van der Waals surface area contributed by atoms with E-state index in [2.05, 4.69) is 10.3 Å². The third-order valence-corrected chi connectivity index (χ3v) is 7.61. The lowest BCUT2D eigenvalue weighted by molar-refractivity contribution is 0.0498. The van der Waals surface area contributed by atoms with Gasteiger partial charge >= 0.3 is 0 Å². The highest BCUT2D eigenvalue weighted by Crippen LogP contribution is 2.25. The van der Waals surface area contributed by atoms with Crippen molar-refractivity contribution in [3.8, 4) is 11.3 Å². The molecule has 3 aromatic rings. The molecule has 1 saturated heterocycles. The molecule has 0 bridgehead atoms. The first kappa shape index (κ1) is 21.2. The summed E-state index contributed by atoms with van der Waals surface area (Å²) in [6.07, 6.45) is 1.90. The molecule has 2 aromatic carbocycles. The van der Waals surface area contributed by atoms with Crippen molar-refractivity contribution in [2.24, 2.45) is 0 Å². The van der Waals surface area contributed by atoms with E-state index in [1.165, 1.54) is 16.4 Å². The van der Waals surface area contributed by atoms with Gasteiger partial charge in [0, 0.05) is 37.3 Å². The smallest absolute Gasteiger partial charge is 0.254 e. The highest BCUT2D eigenvalue weighted by atomic mass is 32.2. The fraction of sp³-hybridized carbons (Fsp3) is 0.318. The summed E-state index contributed by atoms with van der Waals surface area (Å²) in [5.74, 6) is -0.119. The van der Waals surface area contributed by atoms with Gasteiger partial charge in [0.15, 0.2) is 0 Å². The van der Waals surface area contributed by atoms with E-state index in [-0.39, 0.29) is 16.8 Å². The van der Waals surface area contributed by atoms with E-state index in [0.717, 1.165) is 11.3 Å². The standard InChI is InChI=1S/C22H25N5O3S/c1-3-26(4-2)31(29,30)20-12-10-18(11-13-20)22(28)25-14-19(15-25)27-16-21(23-24-27)17-8-6-5-7-9-17/h5-13,16,19H,3-4,14-15H2,1-2H3. The number of benzene rings is 2. The van der Waals surface area contributed by atoms with Crippen molar-refractivity contribution in [2.45, 2.75) is 24.8 Å². The predicted octanol–water partition coefficient (Wildman–Crippen LogP) is 2.67. The van der Waals surface area contributed by atoms with Crippen LogP contribution in [0.25, 0.3) is 11.3 Å². The zero-order valence-corrected chi connectivity index (χ0v) is 18.4. The summed E-state index contributed by atoms with van der Waals surface area (Å²) < 4.78 is 28.4. The van der Waals surface area contributed by atoms with Gasteiger partial charge in [0.25, 0.3) is 5.91 Å². The van der Waals surface area contributed by atoms with Crippen LogP contribution in [-0.4, -0.2) is 64.7 Å². The van der Waals surface area contributed by atoms with Crippen LogP contribution in [0.3, 0.4) is 0 Å². The lowest BCUT2D eigenvalue weighted by Crippen LogP contribution is -2.50. The zero-order valence-electron chi connectivity index (χ0n) is 17.5. The molecule has 0 N–H and O–H groups in total. The van der Waals surface area contributed by atoms with Crippen LogP contribution in [0, 0.1) is 0 Å². The highest BCUT2D eigenvalue weighted by Gasteiger charge is 2.33. The summed E-state index contributed by atoms with van der Waals surface area (Å²) in [6.45, 7) is 5.49. The normalized spacial score (nSPS) is 14.6. The van der Waals surface area contributed by atoms with Gasteiger partial charge in [0.2, 0.25) is 10.0 Å². The summed E-state index contributed by atoms with van der Waals surface area (Å²) in [4.78, 5) is 14.7. The Hall–Kier alpha value is -3.04. The van der Waals surface area contributed by atoms with Crippen LogP contribution in [0.4, 0.5) is 0 Å². The number of rotatable bonds is 7. The van der Waals surface area contributed by atoms with Crippen LogP contribution in [-0.2, 0) is 10.0 Å². The second-order valence-corrected chi connectivity index (χ2v) is 9.37. The highest BCUT2D eigenvalue weighted by molar-refractivity contribution is 7.89. The molecule has 162 valence electrons. The first-order valence-electron chi connectivity index (χ1n) is 10.3. The van der Waals surface area contributed by atoms with Crippen molar-refractivity contribution in [1.82, 2.24) is 24.2 Å². The molecule has 1 fully saturated rings. The molecular weight excluding hydrogens is 414 g/mol. The molecular formula is C22H25N5O3S. The number of amides is 1. The van der Waals surface area contributed by atoms with E-state index in [9.17, 15) is 13.2 Å². The third-order valence-electron chi connectivity index (χ3n) is 5.55. The van der Waals surface area contributed by atoms with E-state index in [1.807, 2.05) is 36.5 Å². The molecule has 1 aliphatic rings. The summed E-state index contributed by atoms with van der Waals surface area (Å²) in [5.41, 5.74) is 2.27. The first-order valence-corrected chi connectivity index (χ1v) is 11.7. The molecule has 31 heavy (non-hydrogen) atoms. The lowest BCUT2D eigenvalue weighted by Gasteiger charge is -2.38. The molecule has 0 atom stereocenters. The molecule has 1 aromatic heterocycles. The van der Waals surface area contributed by atoms with Gasteiger partial charge in [-0.25, -0.2) is 13.1 Å². The van der Waals surface area contributed by atoms with Gasteiger partial charge in [0.05, 0.1) is 17.1 Å². The Morgan fingerprint density at radius 2 is 1.68 bits per heavy atom. The van der Waals surface area contributed by atoms with Crippen molar-refractivity contribution in [3.63, 3.8) is 0 Å². The monoisotopic (exact) mass is 439 g/mol. The number of carbonyl (C=O) groups is 1. The minimum Gasteiger partial charge on any atom is -0.334 e. The van der Waals surface area contributed by atoms with Crippen molar-refractivity contribution >= 4 is 15.9 Å². The maximum atomic E-state index is 12.8. The quantitative estimate of drug-likeness (QED) is 0.565. The van der Waals surface area contributed by atoms with Gasteiger partial charge in [0.1, 0.15) is 5.69 Å². The second kappa shape index (κ2) is 8.60. The van der Waals surface area contributed by atoms with Crippen molar-refractivity contribution in [2.75, 3.05) is 26.2 Å². The lowest BCUT2D eigenvalue weighted by atomic mass is 10.1. The van der Waals surface area contributed by atoms with Gasteiger partial charge in [-0.3, -0.25) is 4.79 Å². The van der Waals surface area contributed by atoms with Crippen LogP contribution in [0.2, 0.25) is 0 Å². The van der Waals surface area contributed by atoms with Crippen LogP contribution in [0.15, 0.2) is 65.7 Å². The number of likely N-dealkylation sites (tertiary alicyclic amines) is 1. The average Bonchev–Trinajstić information content (AvgIpc) is 3.24. The predicted molar refractivity (Wildman–Crippen MR) is 117 cm³/mol. The Morgan fingerprint density at radius 1 is 1.03 bits per heavy atom. The van der Waals surface area contributed by atoms with Crippen LogP contribution in [0.5, 0.6) is 0 Å². The molecule has 1 aliphatic heterocycles. The van der Waals surface area contributed by atoms with Crippen molar-refractivity contribution in [3.05, 3.63) is 66.4 Å². The minimum absolute atomic E-state index is 0.0798. The summed E-state index contributed by atoms with van der Waals surface area (Å²) in [5, 5.41) is 8.44. The number of hydrogen-bond donors (Lipinski definition) is 0. The molecule has 1 amide bonds. The molecule has 0 saturated carbocycles. The Morgan fingerprint density at radius 3 is 2.29 bits per heavy atom. The summed E-state index contributed by atoms with van der Waals surface area (Å²) in [6, 6.07) is 16.1. The van der Waals surface area contributed by atoms with Gasteiger partial charge in [-0.15, -0.1) is 5.10 Å². The molecule has 0 unspecified atom stereocenters. The number of aromatic nitrogens is 3. The molecule has 0 aliphatic carbocycles. The van der Waals surface area contributed by atoms with Crippen LogP contribution >= 0.6 is 0 Å². The Kier molecular flexibility index (Phi) is 5.88. The van der Waals surface area contributed by atoms with Crippen LogP contribution in [0.1, 0.15) is 30.2 Å². The van der Waals surface area contributed by atoms with E-state index in [1.54, 1.807) is 35.6 Å². The van der Waals surface area contributed by atoms with Gasteiger partial charge in [-0.1, -0.05) is 49.4 Å². The molecule has 0 spiro atoms. The molecule has 9 heteroatoms. The fourth-order valence-electron chi connectivity index (χ4n) is 3.65. The SMILES string of the molecule is CCN(CC)S(=O)(=O)c1ccc(C(=O)N2CC(n3cc(-c4ccccc4)nn3)C2)cc1. The Labute approximate surface area is 182 Å². The Bertz CT molecular complexity index is 1150. The minimum atomic E-state index is -3.53. The van der Waals surface area contributed by atoms with Crippen LogP contribution < -0.4 is 0 Å². The van der Waals surface area contributed by atoms with E-state index in [4.69, 9.17) is 0 Å². The van der Waals surface area contributed by atoms with E-state index >= 15 is 0 Å². The molecule has 0 radical (unpaired) electrons. The zero-order chi connectivity index (χ0) is 22.0. The fourth-order valence-corrected chi connectivity index (χ4v) is 5.11. The average molecular weight is 440 g/mol.